The number of nitrogens with one attached hydrogen (secondary N) is 1. The Morgan fingerprint density at radius 1 is 1.26 bits per heavy atom. The maximum atomic E-state index is 12.4. The highest BCUT2D eigenvalue weighted by Gasteiger charge is 2.31. The molecule has 0 aliphatic carbocycles. The molecule has 1 rings (SSSR count). The van der Waals surface area contributed by atoms with Crippen molar-refractivity contribution in [2.75, 3.05) is 0 Å². The second-order valence-electron chi connectivity index (χ2n) is 5.81. The summed E-state index contributed by atoms with van der Waals surface area (Å²) in [4.78, 5) is 0. The van der Waals surface area contributed by atoms with Crippen LogP contribution in [0.3, 0.4) is 0 Å². The Hall–Kier alpha value is -0.450. The molecule has 0 spiro atoms. The third-order valence-electron chi connectivity index (χ3n) is 2.91. The van der Waals surface area contributed by atoms with Crippen LogP contribution in [0.2, 0.25) is 0 Å². The average molecular weight is 344 g/mol. The van der Waals surface area contributed by atoms with Gasteiger partial charge in [0, 0.05) is 4.47 Å². The molecule has 0 heterocycles. The van der Waals surface area contributed by atoms with Gasteiger partial charge in [-0.15, -0.1) is 6.58 Å². The molecule has 1 aromatic rings. The Bertz CT molecular complexity index is 464. The van der Waals surface area contributed by atoms with Gasteiger partial charge in [0.25, 0.3) is 0 Å². The molecule has 0 bridgehead atoms. The van der Waals surface area contributed by atoms with E-state index in [-0.39, 0.29) is 10.3 Å². The number of benzene rings is 1. The van der Waals surface area contributed by atoms with Gasteiger partial charge in [0.1, 0.15) is 0 Å². The van der Waals surface area contributed by atoms with Gasteiger partial charge in [0.2, 0.25) is 0 Å². The van der Waals surface area contributed by atoms with Crippen molar-refractivity contribution in [1.29, 1.82) is 0 Å². The van der Waals surface area contributed by atoms with Gasteiger partial charge in [0.15, 0.2) is 0 Å². The summed E-state index contributed by atoms with van der Waals surface area (Å²) in [5.41, 5.74) is 0.730. The van der Waals surface area contributed by atoms with Crippen LogP contribution in [-0.4, -0.2) is 8.96 Å². The molecule has 0 aromatic heterocycles. The lowest BCUT2D eigenvalue weighted by molar-refractivity contribution is 0.446. The fraction of sp³-hybridized carbons (Fsp3) is 0.467. The third kappa shape index (κ3) is 4.55. The van der Waals surface area contributed by atoms with E-state index in [1.165, 1.54) is 0 Å². The number of halogens is 1. The summed E-state index contributed by atoms with van der Waals surface area (Å²) in [7, 11) is -1.12. The highest BCUT2D eigenvalue weighted by Crippen LogP contribution is 2.28. The van der Waals surface area contributed by atoms with Gasteiger partial charge in [-0.1, -0.05) is 34.1 Å². The first kappa shape index (κ1) is 16.6. The van der Waals surface area contributed by atoms with Gasteiger partial charge in [-0.25, -0.2) is 8.93 Å². The topological polar surface area (TPSA) is 29.1 Å². The van der Waals surface area contributed by atoms with Crippen molar-refractivity contribution in [3.8, 4) is 0 Å². The van der Waals surface area contributed by atoms with E-state index in [1.54, 1.807) is 0 Å². The zero-order valence-electron chi connectivity index (χ0n) is 12.0. The molecule has 0 fully saturated rings. The number of hydrogen-bond acceptors (Lipinski definition) is 1. The maximum Gasteiger partial charge on any atom is 0.0978 e. The summed E-state index contributed by atoms with van der Waals surface area (Å²) < 4.78 is 16.3. The molecule has 1 N–H and O–H groups in total. The summed E-state index contributed by atoms with van der Waals surface area (Å²) in [6.07, 6.45) is 2.57. The van der Waals surface area contributed by atoms with Crippen molar-refractivity contribution < 1.29 is 4.21 Å². The summed E-state index contributed by atoms with van der Waals surface area (Å²) >= 11 is 3.43. The minimum absolute atomic E-state index is 0.294. The fourth-order valence-corrected chi connectivity index (χ4v) is 2.86. The molecule has 106 valence electrons. The number of rotatable bonds is 5. The van der Waals surface area contributed by atoms with Crippen molar-refractivity contribution in [3.63, 3.8) is 0 Å². The van der Waals surface area contributed by atoms with E-state index >= 15 is 0 Å². The lowest BCUT2D eigenvalue weighted by atomic mass is 9.90. The summed E-state index contributed by atoms with van der Waals surface area (Å²) in [5.74, 6) is 0. The van der Waals surface area contributed by atoms with E-state index in [0.717, 1.165) is 16.5 Å². The predicted molar refractivity (Wildman–Crippen MR) is 87.3 cm³/mol. The van der Waals surface area contributed by atoms with Crippen LogP contribution in [0.4, 0.5) is 0 Å². The highest BCUT2D eigenvalue weighted by atomic mass is 79.9. The molecule has 2 nitrogen and oxygen atoms in total. The Balaban J connectivity index is 3.06. The third-order valence-corrected chi connectivity index (χ3v) is 5.19. The lowest BCUT2D eigenvalue weighted by Crippen LogP contribution is -2.45. The Morgan fingerprint density at radius 2 is 1.79 bits per heavy atom. The van der Waals surface area contributed by atoms with E-state index in [4.69, 9.17) is 0 Å². The predicted octanol–water partition coefficient (Wildman–Crippen LogP) is 4.29. The average Bonchev–Trinajstić information content (AvgIpc) is 2.28. The van der Waals surface area contributed by atoms with Crippen LogP contribution >= 0.6 is 15.9 Å². The molecule has 0 aliphatic heterocycles. The smallest absolute Gasteiger partial charge is 0.0978 e. The standard InChI is InChI=1S/C15H22BrNOS/c1-6-11-15(5,17-19(18)14(2,3)4)12-7-9-13(16)10-8-12/h6-10,17H,1,11H2,2-5H3/t15-,19+/m0/s1. The Morgan fingerprint density at radius 3 is 2.21 bits per heavy atom. The summed E-state index contributed by atoms with van der Waals surface area (Å²) in [5, 5.41) is 0. The van der Waals surface area contributed by atoms with Gasteiger partial charge < -0.3 is 0 Å². The highest BCUT2D eigenvalue weighted by molar-refractivity contribution is 9.10. The SMILES string of the molecule is C=CC[C@](C)(N[S@](=O)C(C)(C)C)c1ccc(Br)cc1. The quantitative estimate of drug-likeness (QED) is 0.793. The first-order chi connectivity index (χ1) is 8.69. The van der Waals surface area contributed by atoms with Crippen LogP contribution < -0.4 is 4.72 Å². The first-order valence-corrected chi connectivity index (χ1v) is 8.20. The van der Waals surface area contributed by atoms with Crippen molar-refractivity contribution in [2.24, 2.45) is 0 Å². The molecule has 0 unspecified atom stereocenters. The molecule has 0 saturated carbocycles. The molecule has 4 heteroatoms. The zero-order chi connectivity index (χ0) is 14.7. The molecule has 2 atom stereocenters. The van der Waals surface area contributed by atoms with Crippen LogP contribution in [-0.2, 0) is 16.5 Å². The second kappa shape index (κ2) is 6.33. The van der Waals surface area contributed by atoms with Gasteiger partial charge in [-0.3, -0.25) is 0 Å². The Labute approximate surface area is 127 Å². The fourth-order valence-electron chi connectivity index (χ4n) is 1.68. The largest absolute Gasteiger partial charge is 0.242 e. The van der Waals surface area contributed by atoms with Crippen LogP contribution in [0, 0.1) is 0 Å². The van der Waals surface area contributed by atoms with Gasteiger partial charge in [-0.2, -0.15) is 0 Å². The van der Waals surface area contributed by atoms with Gasteiger partial charge in [-0.05, 0) is 51.8 Å². The summed E-state index contributed by atoms with van der Waals surface area (Å²) in [6, 6.07) is 8.08. The second-order valence-corrected chi connectivity index (χ2v) is 8.70. The van der Waals surface area contributed by atoms with E-state index in [9.17, 15) is 4.21 Å². The van der Waals surface area contributed by atoms with Crippen molar-refractivity contribution >= 4 is 26.9 Å². The molecular weight excluding hydrogens is 322 g/mol. The van der Waals surface area contributed by atoms with Crippen LogP contribution in [0.5, 0.6) is 0 Å². The van der Waals surface area contributed by atoms with Crippen molar-refractivity contribution in [2.45, 2.75) is 44.4 Å². The molecule has 1 aromatic carbocycles. The minimum Gasteiger partial charge on any atom is -0.242 e. The lowest BCUT2D eigenvalue weighted by Gasteiger charge is -2.33. The molecule has 19 heavy (non-hydrogen) atoms. The van der Waals surface area contributed by atoms with Gasteiger partial charge in [0.05, 0.1) is 21.3 Å². The first-order valence-electron chi connectivity index (χ1n) is 6.26. The minimum atomic E-state index is -1.12. The molecule has 0 amide bonds. The van der Waals surface area contributed by atoms with Gasteiger partial charge >= 0.3 is 0 Å². The van der Waals surface area contributed by atoms with Crippen LogP contribution in [0.25, 0.3) is 0 Å². The van der Waals surface area contributed by atoms with Crippen molar-refractivity contribution in [3.05, 3.63) is 47.0 Å². The van der Waals surface area contributed by atoms with Crippen LogP contribution in [0.15, 0.2) is 41.4 Å². The van der Waals surface area contributed by atoms with Crippen molar-refractivity contribution in [1.82, 2.24) is 4.72 Å². The molecular formula is C15H22BrNOS. The molecule has 0 saturated heterocycles. The van der Waals surface area contributed by atoms with E-state index in [2.05, 4.69) is 34.2 Å². The van der Waals surface area contributed by atoms with E-state index in [0.29, 0.717) is 0 Å². The Kier molecular flexibility index (Phi) is 5.53. The monoisotopic (exact) mass is 343 g/mol. The summed E-state index contributed by atoms with van der Waals surface area (Å²) in [6.45, 7) is 11.8. The van der Waals surface area contributed by atoms with E-state index in [1.807, 2.05) is 51.1 Å². The number of hydrogen-bond donors (Lipinski definition) is 1. The molecule has 0 radical (unpaired) electrons. The normalized spacial score (nSPS) is 16.7. The molecule has 0 aliphatic rings. The maximum absolute atomic E-state index is 12.4. The van der Waals surface area contributed by atoms with E-state index < -0.39 is 11.0 Å². The zero-order valence-corrected chi connectivity index (χ0v) is 14.4. The van der Waals surface area contributed by atoms with Crippen LogP contribution in [0.1, 0.15) is 39.7 Å².